The second kappa shape index (κ2) is 6.67. The van der Waals surface area contributed by atoms with Crippen molar-refractivity contribution in [2.24, 2.45) is 0 Å². The highest BCUT2D eigenvalue weighted by atomic mass is 35.5. The molecule has 4 aromatic rings. The van der Waals surface area contributed by atoms with Gasteiger partial charge in [0.05, 0.1) is 29.0 Å². The van der Waals surface area contributed by atoms with Gasteiger partial charge in [0.15, 0.2) is 5.52 Å². The van der Waals surface area contributed by atoms with Gasteiger partial charge < -0.3 is 0 Å². The van der Waals surface area contributed by atoms with Gasteiger partial charge in [-0.2, -0.15) is 10.2 Å². The van der Waals surface area contributed by atoms with Crippen molar-refractivity contribution in [2.45, 2.75) is 27.3 Å². The molecule has 0 saturated heterocycles. The van der Waals surface area contributed by atoms with Crippen LogP contribution in [0.25, 0.3) is 16.6 Å². The summed E-state index contributed by atoms with van der Waals surface area (Å²) in [5.74, 6) is 0. The minimum Gasteiger partial charge on any atom is -0.265 e. The first-order valence-corrected chi connectivity index (χ1v) is 9.10. The molecule has 0 spiro atoms. The number of halogens is 1. The van der Waals surface area contributed by atoms with Gasteiger partial charge in [-0.15, -0.1) is 0 Å². The molecule has 0 aliphatic carbocycles. The molecule has 0 aliphatic heterocycles. The van der Waals surface area contributed by atoms with Crippen molar-refractivity contribution in [3.63, 3.8) is 0 Å². The Balaban J connectivity index is 1.85. The summed E-state index contributed by atoms with van der Waals surface area (Å²) in [5.41, 5.74) is 5.01. The normalized spacial score (nSPS) is 11.3. The number of nitrogens with zero attached hydrogens (tertiary/aromatic N) is 4. The maximum absolute atomic E-state index is 13.0. The lowest BCUT2D eigenvalue weighted by Gasteiger charge is -2.07. The lowest BCUT2D eigenvalue weighted by molar-refractivity contribution is 0.636. The van der Waals surface area contributed by atoms with Crippen molar-refractivity contribution in [3.05, 3.63) is 86.4 Å². The highest BCUT2D eigenvalue weighted by molar-refractivity contribution is 6.30. The SMILES string of the molecule is Cc1ccc(-n2nc3c(=O)n(Cc4ccc(Cl)cc4)nc(C)c3c2C)cc1. The molecule has 6 heteroatoms. The summed E-state index contributed by atoms with van der Waals surface area (Å²) in [7, 11) is 0. The van der Waals surface area contributed by atoms with Crippen LogP contribution in [0, 0.1) is 20.8 Å². The molecule has 0 atom stereocenters. The van der Waals surface area contributed by atoms with Crippen molar-refractivity contribution in [2.75, 3.05) is 0 Å². The molecule has 0 bridgehead atoms. The van der Waals surface area contributed by atoms with Crippen LogP contribution in [0.2, 0.25) is 5.02 Å². The Labute approximate surface area is 161 Å². The van der Waals surface area contributed by atoms with Crippen molar-refractivity contribution < 1.29 is 0 Å². The lowest BCUT2D eigenvalue weighted by atomic mass is 10.2. The first kappa shape index (κ1) is 17.5. The van der Waals surface area contributed by atoms with E-state index in [4.69, 9.17) is 11.6 Å². The van der Waals surface area contributed by atoms with Gasteiger partial charge in [-0.05, 0) is 50.6 Å². The second-order valence-corrected chi connectivity index (χ2v) is 7.17. The maximum Gasteiger partial charge on any atom is 0.295 e. The van der Waals surface area contributed by atoms with Crippen LogP contribution < -0.4 is 5.56 Å². The van der Waals surface area contributed by atoms with E-state index in [1.165, 1.54) is 10.2 Å². The van der Waals surface area contributed by atoms with Crippen molar-refractivity contribution in [1.82, 2.24) is 19.6 Å². The molecule has 136 valence electrons. The van der Waals surface area contributed by atoms with Crippen LogP contribution in [0.3, 0.4) is 0 Å². The van der Waals surface area contributed by atoms with E-state index in [0.717, 1.165) is 28.0 Å². The van der Waals surface area contributed by atoms with Gasteiger partial charge >= 0.3 is 0 Å². The van der Waals surface area contributed by atoms with Crippen LogP contribution in [0.5, 0.6) is 0 Å². The van der Waals surface area contributed by atoms with Crippen molar-refractivity contribution >= 4 is 22.5 Å². The van der Waals surface area contributed by atoms with Crippen LogP contribution in [0.4, 0.5) is 0 Å². The number of hydrogen-bond donors (Lipinski definition) is 0. The molecule has 0 N–H and O–H groups in total. The van der Waals surface area contributed by atoms with Gasteiger partial charge in [0.2, 0.25) is 0 Å². The van der Waals surface area contributed by atoms with Crippen LogP contribution in [0.1, 0.15) is 22.5 Å². The molecule has 0 fully saturated rings. The van der Waals surface area contributed by atoms with Gasteiger partial charge in [-0.1, -0.05) is 41.4 Å². The summed E-state index contributed by atoms with van der Waals surface area (Å²) in [6.07, 6.45) is 0. The summed E-state index contributed by atoms with van der Waals surface area (Å²) in [4.78, 5) is 13.0. The summed E-state index contributed by atoms with van der Waals surface area (Å²) >= 11 is 5.94. The Morgan fingerprint density at radius 1 is 0.926 bits per heavy atom. The van der Waals surface area contributed by atoms with E-state index in [1.54, 1.807) is 0 Å². The smallest absolute Gasteiger partial charge is 0.265 e. The molecule has 0 radical (unpaired) electrons. The lowest BCUT2D eigenvalue weighted by Crippen LogP contribution is -2.24. The van der Waals surface area contributed by atoms with Gasteiger partial charge in [0.25, 0.3) is 5.56 Å². The van der Waals surface area contributed by atoms with E-state index in [2.05, 4.69) is 10.2 Å². The molecular weight excluding hydrogens is 360 g/mol. The van der Waals surface area contributed by atoms with E-state index in [-0.39, 0.29) is 5.56 Å². The zero-order valence-electron chi connectivity index (χ0n) is 15.4. The quantitative estimate of drug-likeness (QED) is 0.536. The minimum absolute atomic E-state index is 0.195. The zero-order valence-corrected chi connectivity index (χ0v) is 16.2. The summed E-state index contributed by atoms with van der Waals surface area (Å²) in [6.45, 7) is 6.30. The molecule has 0 aliphatic rings. The topological polar surface area (TPSA) is 52.7 Å². The molecule has 4 rings (SSSR count). The zero-order chi connectivity index (χ0) is 19.1. The maximum atomic E-state index is 13.0. The fourth-order valence-electron chi connectivity index (χ4n) is 3.29. The largest absolute Gasteiger partial charge is 0.295 e. The Hall–Kier alpha value is -2.92. The second-order valence-electron chi connectivity index (χ2n) is 6.73. The summed E-state index contributed by atoms with van der Waals surface area (Å²) < 4.78 is 3.28. The van der Waals surface area contributed by atoms with Crippen LogP contribution in [0.15, 0.2) is 53.3 Å². The average Bonchev–Trinajstić information content (AvgIpc) is 3.00. The summed E-state index contributed by atoms with van der Waals surface area (Å²) in [5, 5.41) is 10.6. The molecule has 2 aromatic heterocycles. The van der Waals surface area contributed by atoms with E-state index in [9.17, 15) is 4.79 Å². The van der Waals surface area contributed by atoms with Crippen LogP contribution in [-0.4, -0.2) is 19.6 Å². The number of aryl methyl sites for hydroxylation is 3. The molecule has 0 unspecified atom stereocenters. The Morgan fingerprint density at radius 3 is 2.26 bits per heavy atom. The molecular formula is C21H19ClN4O. The third kappa shape index (κ3) is 3.15. The minimum atomic E-state index is -0.195. The van der Waals surface area contributed by atoms with E-state index >= 15 is 0 Å². The summed E-state index contributed by atoms with van der Waals surface area (Å²) in [6, 6.07) is 15.5. The Kier molecular flexibility index (Phi) is 4.32. The van der Waals surface area contributed by atoms with Crippen LogP contribution in [-0.2, 0) is 6.54 Å². The van der Waals surface area contributed by atoms with Crippen molar-refractivity contribution in [1.29, 1.82) is 0 Å². The first-order valence-electron chi connectivity index (χ1n) is 8.72. The third-order valence-electron chi connectivity index (χ3n) is 4.71. The van der Waals surface area contributed by atoms with Crippen molar-refractivity contribution in [3.8, 4) is 5.69 Å². The fraction of sp³-hybridized carbons (Fsp3) is 0.190. The predicted molar refractivity (Wildman–Crippen MR) is 108 cm³/mol. The van der Waals surface area contributed by atoms with Gasteiger partial charge in [0, 0.05) is 5.02 Å². The number of rotatable bonds is 3. The molecule has 2 aromatic carbocycles. The molecule has 0 amide bonds. The monoisotopic (exact) mass is 378 g/mol. The third-order valence-corrected chi connectivity index (χ3v) is 4.96. The first-order chi connectivity index (χ1) is 12.9. The molecule has 0 saturated carbocycles. The van der Waals surface area contributed by atoms with Gasteiger partial charge in [-0.3, -0.25) is 4.79 Å². The number of aromatic nitrogens is 4. The number of fused-ring (bicyclic) bond motifs is 1. The van der Waals surface area contributed by atoms with E-state index < -0.39 is 0 Å². The Morgan fingerprint density at radius 2 is 1.59 bits per heavy atom. The predicted octanol–water partition coefficient (Wildman–Crippen LogP) is 4.21. The van der Waals surface area contributed by atoms with E-state index in [1.807, 2.05) is 74.0 Å². The number of hydrogen-bond acceptors (Lipinski definition) is 3. The molecule has 5 nitrogen and oxygen atoms in total. The average molecular weight is 379 g/mol. The highest BCUT2D eigenvalue weighted by Gasteiger charge is 2.17. The van der Waals surface area contributed by atoms with Gasteiger partial charge in [0.1, 0.15) is 0 Å². The highest BCUT2D eigenvalue weighted by Crippen LogP contribution is 2.21. The standard InChI is InChI=1S/C21H19ClN4O/c1-13-4-10-18(11-5-13)26-15(3)19-14(2)23-25(21(27)20(19)24-26)12-16-6-8-17(22)9-7-16/h4-11H,12H2,1-3H3. The fourth-order valence-corrected chi connectivity index (χ4v) is 3.42. The van der Waals surface area contributed by atoms with E-state index in [0.29, 0.717) is 17.1 Å². The Bertz CT molecular complexity index is 1190. The van der Waals surface area contributed by atoms with Crippen LogP contribution >= 0.6 is 11.6 Å². The molecule has 27 heavy (non-hydrogen) atoms. The molecule has 2 heterocycles. The number of benzene rings is 2. The van der Waals surface area contributed by atoms with Gasteiger partial charge in [-0.25, -0.2) is 9.36 Å².